The lowest BCUT2D eigenvalue weighted by atomic mass is 10.3. The molecule has 1 rings (SSSR count). The van der Waals surface area contributed by atoms with Crippen LogP contribution in [-0.2, 0) is 0 Å². The van der Waals surface area contributed by atoms with E-state index in [0.717, 1.165) is 0 Å². The first kappa shape index (κ1) is 11.8. The third-order valence-electron chi connectivity index (χ3n) is 1.73. The normalized spacial score (nSPS) is 11.5. The highest BCUT2D eigenvalue weighted by Crippen LogP contribution is 2.13. The van der Waals surface area contributed by atoms with Crippen LogP contribution >= 0.6 is 0 Å². The fourth-order valence-electron chi connectivity index (χ4n) is 1.08. The van der Waals surface area contributed by atoms with Crippen LogP contribution in [0.5, 0.6) is 0 Å². The largest absolute Gasteiger partial charge is 0.390 e. The number of anilines is 1. The number of aliphatic hydroxyl groups excluding tert-OH is 1. The summed E-state index contributed by atoms with van der Waals surface area (Å²) < 4.78 is 25.4. The van der Waals surface area contributed by atoms with Gasteiger partial charge in [0, 0.05) is 11.8 Å². The third-order valence-corrected chi connectivity index (χ3v) is 1.73. The van der Waals surface area contributed by atoms with Crippen molar-refractivity contribution in [2.24, 2.45) is 0 Å². The molecule has 0 atom stereocenters. The van der Waals surface area contributed by atoms with E-state index in [4.69, 9.17) is 5.11 Å². The summed E-state index contributed by atoms with van der Waals surface area (Å²) >= 11 is 0. The molecule has 0 saturated carbocycles. The molecule has 15 heavy (non-hydrogen) atoms. The zero-order chi connectivity index (χ0) is 11.5. The maximum atomic E-state index is 12.7. The fourth-order valence-corrected chi connectivity index (χ4v) is 1.08. The molecule has 1 aromatic rings. The van der Waals surface area contributed by atoms with Gasteiger partial charge in [-0.05, 0) is 13.8 Å². The van der Waals surface area contributed by atoms with Gasteiger partial charge in [-0.2, -0.15) is 0 Å². The van der Waals surface area contributed by atoms with Crippen molar-refractivity contribution in [3.05, 3.63) is 17.6 Å². The number of aliphatic hydroxyl groups is 1. The molecule has 0 fully saturated rings. The maximum Gasteiger partial charge on any atom is 0.287 e. The van der Waals surface area contributed by atoms with Crippen LogP contribution in [0.4, 0.5) is 14.6 Å². The van der Waals surface area contributed by atoms with E-state index in [-0.39, 0.29) is 0 Å². The maximum absolute atomic E-state index is 12.7. The lowest BCUT2D eigenvalue weighted by Gasteiger charge is -2.14. The van der Waals surface area contributed by atoms with E-state index >= 15 is 0 Å². The van der Waals surface area contributed by atoms with Gasteiger partial charge in [0.2, 0.25) is 0 Å². The number of rotatable bonds is 4. The third kappa shape index (κ3) is 3.75. The standard InChI is InChI=1S/C9H13F2N3O/c1-6-3-8(14-7(2)13-6)12-4-9(10,11)5-15/h3,15H,4-5H2,1-2H3,(H,12,13,14). The van der Waals surface area contributed by atoms with E-state index in [0.29, 0.717) is 17.3 Å². The molecule has 0 aliphatic heterocycles. The molecular weight excluding hydrogens is 204 g/mol. The Hall–Kier alpha value is -1.30. The smallest absolute Gasteiger partial charge is 0.287 e. The lowest BCUT2D eigenvalue weighted by Crippen LogP contribution is -2.31. The Bertz CT molecular complexity index is 324. The SMILES string of the molecule is Cc1cc(NCC(F)(F)CO)nc(C)n1. The van der Waals surface area contributed by atoms with Gasteiger partial charge in [-0.3, -0.25) is 0 Å². The van der Waals surface area contributed by atoms with Crippen molar-refractivity contribution in [2.45, 2.75) is 19.8 Å². The number of nitrogens with zero attached hydrogens (tertiary/aromatic N) is 2. The second kappa shape index (κ2) is 4.48. The van der Waals surface area contributed by atoms with Gasteiger partial charge in [0.25, 0.3) is 5.92 Å². The predicted molar refractivity (Wildman–Crippen MR) is 52.0 cm³/mol. The molecule has 0 aliphatic rings. The molecule has 0 bridgehead atoms. The zero-order valence-electron chi connectivity index (χ0n) is 8.59. The molecule has 2 N–H and O–H groups in total. The first-order valence-corrected chi connectivity index (χ1v) is 4.48. The first-order valence-electron chi connectivity index (χ1n) is 4.48. The van der Waals surface area contributed by atoms with Crippen LogP contribution in [0.3, 0.4) is 0 Å². The van der Waals surface area contributed by atoms with E-state index in [2.05, 4.69) is 15.3 Å². The Morgan fingerprint density at radius 2 is 2.07 bits per heavy atom. The molecule has 84 valence electrons. The number of nitrogens with one attached hydrogen (secondary N) is 1. The summed E-state index contributed by atoms with van der Waals surface area (Å²) in [6.07, 6.45) is 0. The van der Waals surface area contributed by atoms with Crippen LogP contribution in [0.25, 0.3) is 0 Å². The molecule has 0 aliphatic carbocycles. The topological polar surface area (TPSA) is 58.0 Å². The van der Waals surface area contributed by atoms with E-state index < -0.39 is 19.1 Å². The summed E-state index contributed by atoms with van der Waals surface area (Å²) in [4.78, 5) is 7.95. The highest BCUT2D eigenvalue weighted by atomic mass is 19.3. The molecule has 6 heteroatoms. The van der Waals surface area contributed by atoms with Crippen molar-refractivity contribution in [3.63, 3.8) is 0 Å². The number of hydrogen-bond acceptors (Lipinski definition) is 4. The minimum atomic E-state index is -3.13. The number of aromatic nitrogens is 2. The van der Waals surface area contributed by atoms with E-state index in [1.807, 2.05) is 0 Å². The van der Waals surface area contributed by atoms with Crippen molar-refractivity contribution in [1.82, 2.24) is 9.97 Å². The molecule has 0 radical (unpaired) electrons. The second-order valence-electron chi connectivity index (χ2n) is 3.31. The Morgan fingerprint density at radius 1 is 1.40 bits per heavy atom. The molecule has 0 unspecified atom stereocenters. The summed E-state index contributed by atoms with van der Waals surface area (Å²) in [6, 6.07) is 1.57. The Labute approximate surface area is 86.4 Å². The van der Waals surface area contributed by atoms with Crippen LogP contribution in [0.2, 0.25) is 0 Å². The van der Waals surface area contributed by atoms with E-state index in [9.17, 15) is 8.78 Å². The minimum Gasteiger partial charge on any atom is -0.390 e. The zero-order valence-corrected chi connectivity index (χ0v) is 8.59. The number of aryl methyl sites for hydroxylation is 2. The number of halogens is 2. The Kier molecular flexibility index (Phi) is 3.52. The van der Waals surface area contributed by atoms with Gasteiger partial charge >= 0.3 is 0 Å². The van der Waals surface area contributed by atoms with Gasteiger partial charge in [0.05, 0.1) is 6.54 Å². The fraction of sp³-hybridized carbons (Fsp3) is 0.556. The van der Waals surface area contributed by atoms with Crippen LogP contribution in [0, 0.1) is 13.8 Å². The van der Waals surface area contributed by atoms with Crippen molar-refractivity contribution in [3.8, 4) is 0 Å². The van der Waals surface area contributed by atoms with Crippen molar-refractivity contribution in [1.29, 1.82) is 0 Å². The van der Waals surface area contributed by atoms with Crippen molar-refractivity contribution < 1.29 is 13.9 Å². The van der Waals surface area contributed by atoms with Gasteiger partial charge in [-0.1, -0.05) is 0 Å². The summed E-state index contributed by atoms with van der Waals surface area (Å²) in [5.41, 5.74) is 0.706. The summed E-state index contributed by atoms with van der Waals surface area (Å²) in [5, 5.41) is 10.8. The average molecular weight is 217 g/mol. The summed E-state index contributed by atoms with van der Waals surface area (Å²) in [7, 11) is 0. The van der Waals surface area contributed by atoms with Gasteiger partial charge in [-0.15, -0.1) is 0 Å². The lowest BCUT2D eigenvalue weighted by molar-refractivity contribution is -0.0373. The van der Waals surface area contributed by atoms with Gasteiger partial charge in [0.15, 0.2) is 0 Å². The molecule has 0 saturated heterocycles. The Morgan fingerprint density at radius 3 is 2.60 bits per heavy atom. The predicted octanol–water partition coefficient (Wildman–Crippen LogP) is 1.13. The minimum absolute atomic E-state index is 0.341. The Balaban J connectivity index is 2.65. The quantitative estimate of drug-likeness (QED) is 0.793. The number of hydrogen-bond donors (Lipinski definition) is 2. The second-order valence-corrected chi connectivity index (χ2v) is 3.31. The summed E-state index contributed by atoms with van der Waals surface area (Å²) in [5.74, 6) is -2.27. The first-order chi connectivity index (χ1) is 6.93. The monoisotopic (exact) mass is 217 g/mol. The van der Waals surface area contributed by atoms with Crippen LogP contribution in [0.1, 0.15) is 11.5 Å². The van der Waals surface area contributed by atoms with Gasteiger partial charge in [0.1, 0.15) is 18.2 Å². The highest BCUT2D eigenvalue weighted by Gasteiger charge is 2.27. The van der Waals surface area contributed by atoms with E-state index in [1.54, 1.807) is 19.9 Å². The van der Waals surface area contributed by atoms with Crippen LogP contribution in [0.15, 0.2) is 6.07 Å². The molecular formula is C9H13F2N3O. The highest BCUT2D eigenvalue weighted by molar-refractivity contribution is 5.35. The molecule has 0 amide bonds. The van der Waals surface area contributed by atoms with Crippen LogP contribution < -0.4 is 5.32 Å². The van der Waals surface area contributed by atoms with Gasteiger partial charge < -0.3 is 10.4 Å². The molecule has 0 aromatic carbocycles. The van der Waals surface area contributed by atoms with Crippen molar-refractivity contribution in [2.75, 3.05) is 18.5 Å². The number of alkyl halides is 2. The van der Waals surface area contributed by atoms with Crippen LogP contribution in [-0.4, -0.2) is 34.1 Å². The van der Waals surface area contributed by atoms with Gasteiger partial charge in [-0.25, -0.2) is 18.7 Å². The molecule has 4 nitrogen and oxygen atoms in total. The average Bonchev–Trinajstić information content (AvgIpc) is 2.14. The van der Waals surface area contributed by atoms with E-state index in [1.165, 1.54) is 0 Å². The molecule has 0 spiro atoms. The summed E-state index contributed by atoms with van der Waals surface area (Å²) in [6.45, 7) is 1.62. The van der Waals surface area contributed by atoms with Crippen molar-refractivity contribution >= 4 is 5.82 Å². The molecule has 1 aromatic heterocycles. The molecule has 1 heterocycles.